The summed E-state index contributed by atoms with van der Waals surface area (Å²) in [5.41, 5.74) is 8.81. The molecule has 0 unspecified atom stereocenters. The Kier molecular flexibility index (Phi) is 6.04. The summed E-state index contributed by atoms with van der Waals surface area (Å²) in [5, 5.41) is 4.58. The van der Waals surface area contributed by atoms with Crippen LogP contribution in [0.4, 0.5) is 0 Å². The Balaban J connectivity index is 1.28. The molecule has 0 aliphatic carbocycles. The second kappa shape index (κ2) is 10.1. The molecule has 2 nitrogen and oxygen atoms in total. The van der Waals surface area contributed by atoms with Crippen LogP contribution >= 0.6 is 11.3 Å². The molecule has 0 saturated carbocycles. The van der Waals surface area contributed by atoms with Gasteiger partial charge in [-0.3, -0.25) is 0 Å². The van der Waals surface area contributed by atoms with E-state index in [9.17, 15) is 0 Å². The van der Waals surface area contributed by atoms with Gasteiger partial charge >= 0.3 is 0 Å². The van der Waals surface area contributed by atoms with Crippen LogP contribution in [0.3, 0.4) is 0 Å². The average molecular weight is 517 g/mol. The van der Waals surface area contributed by atoms with Gasteiger partial charge in [0.2, 0.25) is 0 Å². The van der Waals surface area contributed by atoms with Crippen molar-refractivity contribution >= 4 is 22.1 Å². The first-order valence-corrected chi connectivity index (χ1v) is 13.9. The zero-order valence-electron chi connectivity index (χ0n) is 21.2. The molecule has 184 valence electrons. The van der Waals surface area contributed by atoms with Crippen molar-refractivity contribution in [1.29, 1.82) is 0 Å². The van der Waals surface area contributed by atoms with Gasteiger partial charge in [-0.15, -0.1) is 11.3 Å². The van der Waals surface area contributed by atoms with E-state index in [1.165, 1.54) is 33.0 Å². The highest BCUT2D eigenvalue weighted by molar-refractivity contribution is 7.13. The van der Waals surface area contributed by atoms with Gasteiger partial charge in [-0.05, 0) is 50.5 Å². The Bertz CT molecular complexity index is 1870. The molecule has 0 saturated heterocycles. The zero-order chi connectivity index (χ0) is 26.0. The molecule has 0 N–H and O–H groups in total. The molecule has 5 aromatic carbocycles. The van der Waals surface area contributed by atoms with E-state index in [2.05, 4.69) is 133 Å². The topological polar surface area (TPSA) is 25.8 Å². The number of hydrogen-bond acceptors (Lipinski definition) is 3. The monoisotopic (exact) mass is 516 g/mol. The molecule has 2 heterocycles. The minimum Gasteiger partial charge on any atom is -0.227 e. The van der Waals surface area contributed by atoms with E-state index in [0.717, 1.165) is 33.2 Å². The Morgan fingerprint density at radius 3 is 1.72 bits per heavy atom. The predicted molar refractivity (Wildman–Crippen MR) is 165 cm³/mol. The number of fused-ring (bicyclic) bond motifs is 1. The summed E-state index contributed by atoms with van der Waals surface area (Å²) >= 11 is 1.66. The number of hydrogen-bond donors (Lipinski definition) is 0. The molecule has 0 aliphatic rings. The van der Waals surface area contributed by atoms with Crippen molar-refractivity contribution in [2.45, 2.75) is 0 Å². The van der Waals surface area contributed by atoms with Gasteiger partial charge in [0.1, 0.15) is 0 Å². The lowest BCUT2D eigenvalue weighted by Gasteiger charge is -2.11. The van der Waals surface area contributed by atoms with Crippen LogP contribution in [0.15, 0.2) is 145 Å². The maximum absolute atomic E-state index is 4.99. The fourth-order valence-electron chi connectivity index (χ4n) is 5.02. The first-order chi connectivity index (χ1) is 19.3. The van der Waals surface area contributed by atoms with E-state index >= 15 is 0 Å². The van der Waals surface area contributed by atoms with Gasteiger partial charge in [-0.25, -0.2) is 9.97 Å². The number of nitrogens with zero attached hydrogens (tertiary/aromatic N) is 2. The van der Waals surface area contributed by atoms with Gasteiger partial charge in [-0.1, -0.05) is 127 Å². The van der Waals surface area contributed by atoms with Crippen LogP contribution in [-0.2, 0) is 0 Å². The van der Waals surface area contributed by atoms with Crippen molar-refractivity contribution in [2.75, 3.05) is 0 Å². The smallest absolute Gasteiger partial charge is 0.170 e. The van der Waals surface area contributed by atoms with Crippen LogP contribution < -0.4 is 0 Å². The number of rotatable bonds is 5. The third-order valence-corrected chi connectivity index (χ3v) is 7.90. The molecule has 0 atom stereocenters. The lowest BCUT2D eigenvalue weighted by atomic mass is 9.97. The molecule has 0 amide bonds. The van der Waals surface area contributed by atoms with Gasteiger partial charge < -0.3 is 0 Å². The summed E-state index contributed by atoms with van der Waals surface area (Å²) in [5.74, 6) is 0.753. The fourth-order valence-corrected chi connectivity index (χ4v) is 5.68. The maximum Gasteiger partial charge on any atom is 0.170 e. The summed E-state index contributed by atoms with van der Waals surface area (Å²) in [6.45, 7) is 0. The van der Waals surface area contributed by atoms with Crippen molar-refractivity contribution < 1.29 is 0 Å². The first kappa shape index (κ1) is 23.3. The van der Waals surface area contributed by atoms with Gasteiger partial charge in [0.25, 0.3) is 0 Å². The van der Waals surface area contributed by atoms with Crippen molar-refractivity contribution in [3.63, 3.8) is 0 Å². The molecule has 0 radical (unpaired) electrons. The summed E-state index contributed by atoms with van der Waals surface area (Å²) in [4.78, 5) is 11.0. The van der Waals surface area contributed by atoms with Crippen molar-refractivity contribution in [3.05, 3.63) is 145 Å². The molecule has 0 bridgehead atoms. The first-order valence-electron chi connectivity index (χ1n) is 13.0. The Hall–Kier alpha value is -4.86. The molecule has 3 heteroatoms. The van der Waals surface area contributed by atoms with Crippen LogP contribution in [0.25, 0.3) is 66.2 Å². The Morgan fingerprint density at radius 2 is 1.03 bits per heavy atom. The van der Waals surface area contributed by atoms with Crippen molar-refractivity contribution in [2.24, 2.45) is 0 Å². The highest BCUT2D eigenvalue weighted by atomic mass is 32.1. The van der Waals surface area contributed by atoms with Gasteiger partial charge in [-0.2, -0.15) is 0 Å². The maximum atomic E-state index is 4.99. The van der Waals surface area contributed by atoms with Crippen molar-refractivity contribution in [3.8, 4) is 55.5 Å². The molecule has 7 rings (SSSR count). The van der Waals surface area contributed by atoms with E-state index in [1.807, 2.05) is 12.1 Å². The number of thiophene rings is 1. The Labute approximate surface area is 231 Å². The number of aromatic nitrogens is 2. The summed E-state index contributed by atoms with van der Waals surface area (Å²) in [7, 11) is 0. The summed E-state index contributed by atoms with van der Waals surface area (Å²) in [6.07, 6.45) is 0. The van der Waals surface area contributed by atoms with Crippen LogP contribution in [0.2, 0.25) is 0 Å². The van der Waals surface area contributed by atoms with Crippen LogP contribution in [-0.4, -0.2) is 9.97 Å². The normalized spacial score (nSPS) is 11.1. The summed E-state index contributed by atoms with van der Waals surface area (Å²) < 4.78 is 0. The van der Waals surface area contributed by atoms with Gasteiger partial charge in [0, 0.05) is 11.1 Å². The van der Waals surface area contributed by atoms with Crippen molar-refractivity contribution in [1.82, 2.24) is 9.97 Å². The van der Waals surface area contributed by atoms with Crippen LogP contribution in [0.1, 0.15) is 0 Å². The SMILES string of the molecule is c1ccc(-c2ccc(-c3cc(-c4ccc(-c5cccc6ccccc56)cc4)nc(-c4cccs4)n3)cc2)cc1. The van der Waals surface area contributed by atoms with E-state index in [0.29, 0.717) is 0 Å². The molecule has 0 aliphatic heterocycles. The minimum absolute atomic E-state index is 0.753. The second-order valence-corrected chi connectivity index (χ2v) is 10.4. The van der Waals surface area contributed by atoms with Gasteiger partial charge in [0.15, 0.2) is 5.82 Å². The molecule has 0 spiro atoms. The van der Waals surface area contributed by atoms with E-state index in [1.54, 1.807) is 11.3 Å². The van der Waals surface area contributed by atoms with Crippen LogP contribution in [0, 0.1) is 0 Å². The average Bonchev–Trinajstić information content (AvgIpc) is 3.57. The number of benzene rings is 5. The molecular weight excluding hydrogens is 492 g/mol. The van der Waals surface area contributed by atoms with E-state index < -0.39 is 0 Å². The molecular formula is C36H24N2S. The van der Waals surface area contributed by atoms with Crippen LogP contribution in [0.5, 0.6) is 0 Å². The van der Waals surface area contributed by atoms with Gasteiger partial charge in [0.05, 0.1) is 16.3 Å². The second-order valence-electron chi connectivity index (χ2n) is 9.49. The quantitative estimate of drug-likeness (QED) is 0.227. The fraction of sp³-hybridized carbons (Fsp3) is 0. The molecule has 7 aromatic rings. The molecule has 0 fully saturated rings. The molecule has 2 aromatic heterocycles. The highest BCUT2D eigenvalue weighted by Gasteiger charge is 2.12. The largest absolute Gasteiger partial charge is 0.227 e. The zero-order valence-corrected chi connectivity index (χ0v) is 22.0. The lowest BCUT2D eigenvalue weighted by Crippen LogP contribution is -1.95. The van der Waals surface area contributed by atoms with E-state index in [-0.39, 0.29) is 0 Å². The third kappa shape index (κ3) is 4.65. The lowest BCUT2D eigenvalue weighted by molar-refractivity contribution is 1.19. The standard InChI is InChI=1S/C36H24N2S/c1-2-8-25(9-3-1)26-15-19-29(20-16-26)33-24-34(38-36(37-33)35-14-7-23-39-35)30-21-17-28(18-22-30)32-13-6-11-27-10-4-5-12-31(27)32/h1-24H. The van der Waals surface area contributed by atoms with E-state index in [4.69, 9.17) is 9.97 Å². The minimum atomic E-state index is 0.753. The highest BCUT2D eigenvalue weighted by Crippen LogP contribution is 2.33. The summed E-state index contributed by atoms with van der Waals surface area (Å²) in [6, 6.07) is 49.0. The predicted octanol–water partition coefficient (Wildman–Crippen LogP) is 10.0. The molecule has 39 heavy (non-hydrogen) atoms. The third-order valence-electron chi connectivity index (χ3n) is 7.04. The Morgan fingerprint density at radius 1 is 0.436 bits per heavy atom.